The monoisotopic (exact) mass is 246 g/mol. The molecule has 1 aromatic heterocycles. The van der Waals surface area contributed by atoms with Gasteiger partial charge in [-0.15, -0.1) is 24.8 Å². The summed E-state index contributed by atoms with van der Waals surface area (Å²) in [5.41, 5.74) is 4.20. The maximum absolute atomic E-state index is 4.54. The van der Waals surface area contributed by atoms with Gasteiger partial charge in [-0.05, 0) is 29.9 Å². The van der Waals surface area contributed by atoms with E-state index in [4.69, 9.17) is 0 Å². The first kappa shape index (κ1) is 12.8. The molecule has 1 aliphatic carbocycles. The fraction of sp³-hybridized carbons (Fsp3) is 0.545. The minimum absolute atomic E-state index is 0. The molecule has 84 valence electrons. The molecule has 2 nitrogen and oxygen atoms in total. The van der Waals surface area contributed by atoms with Crippen LogP contribution in [0.5, 0.6) is 0 Å². The zero-order valence-corrected chi connectivity index (χ0v) is 10.2. The van der Waals surface area contributed by atoms with Crippen LogP contribution in [0.3, 0.4) is 0 Å². The minimum atomic E-state index is 0. The average Bonchev–Trinajstić information content (AvgIpc) is 3.00. The molecule has 0 aromatic carbocycles. The second kappa shape index (κ2) is 5.15. The predicted octanol–water partition coefficient (Wildman–Crippen LogP) is 2.45. The fourth-order valence-corrected chi connectivity index (χ4v) is 2.01. The number of halogens is 2. The lowest BCUT2D eigenvalue weighted by Crippen LogP contribution is -2.24. The van der Waals surface area contributed by atoms with Gasteiger partial charge in [0.2, 0.25) is 0 Å². The molecular weight excluding hydrogens is 231 g/mol. The van der Waals surface area contributed by atoms with Crippen LogP contribution in [-0.2, 0) is 13.0 Å². The molecule has 2 heterocycles. The van der Waals surface area contributed by atoms with Gasteiger partial charge < -0.3 is 5.32 Å². The Labute approximate surface area is 103 Å². The second-order valence-corrected chi connectivity index (χ2v) is 4.08. The Morgan fingerprint density at radius 2 is 2.07 bits per heavy atom. The van der Waals surface area contributed by atoms with Crippen LogP contribution in [0.25, 0.3) is 0 Å². The summed E-state index contributed by atoms with van der Waals surface area (Å²) in [5.74, 6) is 0.833. The molecule has 0 saturated heterocycles. The number of hydrogen-bond donors (Lipinski definition) is 1. The van der Waals surface area contributed by atoms with Gasteiger partial charge in [-0.25, -0.2) is 0 Å². The largest absolute Gasteiger partial charge is 0.312 e. The van der Waals surface area contributed by atoms with Crippen molar-refractivity contribution < 1.29 is 0 Å². The van der Waals surface area contributed by atoms with Gasteiger partial charge in [0, 0.05) is 31.4 Å². The molecule has 0 spiro atoms. The number of hydrogen-bond acceptors (Lipinski definition) is 2. The van der Waals surface area contributed by atoms with Crippen molar-refractivity contribution in [3.05, 3.63) is 29.1 Å². The van der Waals surface area contributed by atoms with Crippen LogP contribution in [0.2, 0.25) is 0 Å². The average molecular weight is 247 g/mol. The summed E-state index contributed by atoms with van der Waals surface area (Å²) < 4.78 is 0. The molecule has 0 unspecified atom stereocenters. The molecule has 15 heavy (non-hydrogen) atoms. The highest BCUT2D eigenvalue weighted by Gasteiger charge is 2.24. The molecule has 0 bridgehead atoms. The third kappa shape index (κ3) is 2.63. The molecule has 1 aromatic rings. The number of fused-ring (bicyclic) bond motifs is 1. The zero-order valence-electron chi connectivity index (χ0n) is 8.53. The smallest absolute Gasteiger partial charge is 0.0461 e. The maximum Gasteiger partial charge on any atom is 0.0461 e. The first-order chi connectivity index (χ1) is 6.43. The molecule has 1 N–H and O–H groups in total. The third-order valence-electron chi connectivity index (χ3n) is 2.98. The first-order valence-electron chi connectivity index (χ1n) is 5.12. The minimum Gasteiger partial charge on any atom is -0.312 e. The van der Waals surface area contributed by atoms with Gasteiger partial charge in [-0.2, -0.15) is 0 Å². The van der Waals surface area contributed by atoms with E-state index < -0.39 is 0 Å². The molecule has 2 aliphatic rings. The molecule has 1 saturated carbocycles. The number of pyridine rings is 1. The van der Waals surface area contributed by atoms with Crippen LogP contribution in [0.1, 0.15) is 35.6 Å². The maximum atomic E-state index is 4.54. The van der Waals surface area contributed by atoms with E-state index in [1.807, 2.05) is 0 Å². The van der Waals surface area contributed by atoms with Crippen molar-refractivity contribution in [3.8, 4) is 0 Å². The Balaban J connectivity index is 0.000000562. The van der Waals surface area contributed by atoms with E-state index in [2.05, 4.69) is 22.6 Å². The van der Waals surface area contributed by atoms with E-state index in [9.17, 15) is 0 Å². The van der Waals surface area contributed by atoms with E-state index in [1.165, 1.54) is 29.7 Å². The van der Waals surface area contributed by atoms with Crippen LogP contribution < -0.4 is 5.32 Å². The third-order valence-corrected chi connectivity index (χ3v) is 2.98. The number of nitrogens with zero attached hydrogens (tertiary/aromatic N) is 1. The Morgan fingerprint density at radius 1 is 1.27 bits per heavy atom. The molecule has 0 amide bonds. The van der Waals surface area contributed by atoms with Gasteiger partial charge in [0.25, 0.3) is 0 Å². The van der Waals surface area contributed by atoms with Gasteiger partial charge in [0.05, 0.1) is 0 Å². The lowest BCUT2D eigenvalue weighted by atomic mass is 10.0. The molecular formula is C11H16Cl2N2. The lowest BCUT2D eigenvalue weighted by molar-refractivity contribution is 0.628. The van der Waals surface area contributed by atoms with E-state index in [1.54, 1.807) is 0 Å². The first-order valence-corrected chi connectivity index (χ1v) is 5.12. The topological polar surface area (TPSA) is 24.9 Å². The predicted molar refractivity (Wildman–Crippen MR) is 66.1 cm³/mol. The van der Waals surface area contributed by atoms with Crippen molar-refractivity contribution in [1.29, 1.82) is 0 Å². The lowest BCUT2D eigenvalue weighted by Gasteiger charge is -2.16. The van der Waals surface area contributed by atoms with Gasteiger partial charge in [0.1, 0.15) is 0 Å². The summed E-state index contributed by atoms with van der Waals surface area (Å²) >= 11 is 0. The van der Waals surface area contributed by atoms with E-state index >= 15 is 0 Å². The van der Waals surface area contributed by atoms with Crippen molar-refractivity contribution in [2.45, 2.75) is 31.7 Å². The molecule has 1 fully saturated rings. The van der Waals surface area contributed by atoms with Crippen LogP contribution in [0, 0.1) is 0 Å². The highest BCUT2D eigenvalue weighted by atomic mass is 35.5. The van der Waals surface area contributed by atoms with E-state index in [0.29, 0.717) is 0 Å². The Morgan fingerprint density at radius 3 is 2.80 bits per heavy atom. The van der Waals surface area contributed by atoms with Crippen LogP contribution in [0.15, 0.2) is 12.3 Å². The van der Waals surface area contributed by atoms with Gasteiger partial charge in [0.15, 0.2) is 0 Å². The Hall–Kier alpha value is -0.310. The number of aromatic nitrogens is 1. The molecule has 0 atom stereocenters. The summed E-state index contributed by atoms with van der Waals surface area (Å²) in [4.78, 5) is 4.54. The summed E-state index contributed by atoms with van der Waals surface area (Å²) in [5, 5.41) is 3.39. The zero-order chi connectivity index (χ0) is 8.67. The van der Waals surface area contributed by atoms with E-state index in [0.717, 1.165) is 25.4 Å². The van der Waals surface area contributed by atoms with Crippen LogP contribution >= 0.6 is 24.8 Å². The normalized spacial score (nSPS) is 18.4. The highest BCUT2D eigenvalue weighted by molar-refractivity contribution is 5.85. The molecule has 4 heteroatoms. The van der Waals surface area contributed by atoms with E-state index in [-0.39, 0.29) is 24.8 Å². The van der Waals surface area contributed by atoms with Gasteiger partial charge in [-0.1, -0.05) is 6.07 Å². The fourth-order valence-electron chi connectivity index (χ4n) is 2.01. The van der Waals surface area contributed by atoms with Crippen LogP contribution in [-0.4, -0.2) is 11.5 Å². The summed E-state index contributed by atoms with van der Waals surface area (Å²) in [6.45, 7) is 2.10. The summed E-state index contributed by atoms with van der Waals surface area (Å²) in [6, 6.07) is 2.35. The standard InChI is InChI=1S/C11H14N2.2ClH/c1-2-8(1)9-5-10-6-12-4-3-11(10)13-7-9;;/h5,7-8,12H,1-4,6H2;2*1H. The van der Waals surface area contributed by atoms with Crippen molar-refractivity contribution in [3.63, 3.8) is 0 Å². The molecule has 0 radical (unpaired) electrons. The van der Waals surface area contributed by atoms with Gasteiger partial charge in [-0.3, -0.25) is 4.98 Å². The SMILES string of the molecule is Cl.Cl.c1nc2c(cc1C1CC1)CNCC2. The van der Waals surface area contributed by atoms with Crippen molar-refractivity contribution in [2.24, 2.45) is 0 Å². The molecule has 1 aliphatic heterocycles. The second-order valence-electron chi connectivity index (χ2n) is 4.08. The van der Waals surface area contributed by atoms with Crippen LogP contribution in [0.4, 0.5) is 0 Å². The van der Waals surface area contributed by atoms with Crippen molar-refractivity contribution in [2.75, 3.05) is 6.54 Å². The highest BCUT2D eigenvalue weighted by Crippen LogP contribution is 2.40. The Bertz CT molecular complexity index is 337. The molecule has 3 rings (SSSR count). The summed E-state index contributed by atoms with van der Waals surface area (Å²) in [6.07, 6.45) is 5.92. The number of nitrogens with one attached hydrogen (secondary N) is 1. The van der Waals surface area contributed by atoms with Crippen molar-refractivity contribution >= 4 is 24.8 Å². The Kier molecular flexibility index (Phi) is 4.38. The van der Waals surface area contributed by atoms with Crippen molar-refractivity contribution in [1.82, 2.24) is 10.3 Å². The number of rotatable bonds is 1. The van der Waals surface area contributed by atoms with Gasteiger partial charge >= 0.3 is 0 Å². The summed E-state index contributed by atoms with van der Waals surface area (Å²) in [7, 11) is 0. The quantitative estimate of drug-likeness (QED) is 0.824.